The number of amides is 1. The predicted molar refractivity (Wildman–Crippen MR) is 122 cm³/mol. The maximum Gasteiger partial charge on any atom is 0.258 e. The van der Waals surface area contributed by atoms with Crippen LogP contribution in [0.2, 0.25) is 5.02 Å². The summed E-state index contributed by atoms with van der Waals surface area (Å²) in [4.78, 5) is 19.8. The van der Waals surface area contributed by atoms with Crippen molar-refractivity contribution in [3.05, 3.63) is 70.8 Å². The van der Waals surface area contributed by atoms with Crippen LogP contribution in [0.4, 0.5) is 0 Å². The molecule has 0 bridgehead atoms. The summed E-state index contributed by atoms with van der Waals surface area (Å²) in [5, 5.41) is 12.8. The molecule has 2 aromatic carbocycles. The van der Waals surface area contributed by atoms with Gasteiger partial charge in [0.15, 0.2) is 5.82 Å². The van der Waals surface area contributed by atoms with E-state index in [9.17, 15) is 4.79 Å². The van der Waals surface area contributed by atoms with Crippen LogP contribution in [0.25, 0.3) is 22.9 Å². The van der Waals surface area contributed by atoms with Crippen molar-refractivity contribution in [2.45, 2.75) is 38.6 Å². The molecular formula is C24H22ClN5O3. The van der Waals surface area contributed by atoms with Gasteiger partial charge in [-0.05, 0) is 50.5 Å². The summed E-state index contributed by atoms with van der Waals surface area (Å²) in [6, 6.07) is 14.6. The second-order valence-corrected chi connectivity index (χ2v) is 8.43. The van der Waals surface area contributed by atoms with Crippen LogP contribution in [0.3, 0.4) is 0 Å². The first kappa shape index (κ1) is 21.3. The van der Waals surface area contributed by atoms with Crippen LogP contribution in [0.1, 0.15) is 41.3 Å². The van der Waals surface area contributed by atoms with E-state index < -0.39 is 0 Å². The summed E-state index contributed by atoms with van der Waals surface area (Å²) in [7, 11) is 0. The number of aromatic nitrogens is 4. The first-order valence-electron chi connectivity index (χ1n) is 10.9. The summed E-state index contributed by atoms with van der Waals surface area (Å²) in [5.74, 6) is 1.65. The van der Waals surface area contributed by atoms with Gasteiger partial charge in [-0.3, -0.25) is 4.79 Å². The Hall–Kier alpha value is -3.52. The number of hydrogen-bond acceptors (Lipinski definition) is 7. The molecular weight excluding hydrogens is 442 g/mol. The average molecular weight is 464 g/mol. The van der Waals surface area contributed by atoms with Gasteiger partial charge in [-0.2, -0.15) is 4.98 Å². The van der Waals surface area contributed by atoms with Crippen LogP contribution in [-0.4, -0.2) is 43.7 Å². The monoisotopic (exact) mass is 463 g/mol. The highest BCUT2D eigenvalue weighted by molar-refractivity contribution is 6.33. The summed E-state index contributed by atoms with van der Waals surface area (Å²) in [6.07, 6.45) is 3.31. The molecule has 4 aromatic rings. The molecule has 1 amide bonds. The summed E-state index contributed by atoms with van der Waals surface area (Å²) < 4.78 is 11.2. The zero-order chi connectivity index (χ0) is 22.8. The Kier molecular flexibility index (Phi) is 5.92. The Morgan fingerprint density at radius 3 is 2.64 bits per heavy atom. The van der Waals surface area contributed by atoms with Gasteiger partial charge in [0.25, 0.3) is 11.8 Å². The Morgan fingerprint density at radius 1 is 1.06 bits per heavy atom. The van der Waals surface area contributed by atoms with Gasteiger partial charge in [0, 0.05) is 19.0 Å². The molecule has 168 valence electrons. The number of halogens is 1. The minimum absolute atomic E-state index is 0.0525. The molecule has 0 saturated carbocycles. The van der Waals surface area contributed by atoms with Crippen LogP contribution in [0, 0.1) is 6.92 Å². The van der Waals surface area contributed by atoms with E-state index in [1.54, 1.807) is 19.1 Å². The van der Waals surface area contributed by atoms with Crippen molar-refractivity contribution >= 4 is 17.5 Å². The Labute approximate surface area is 195 Å². The lowest BCUT2D eigenvalue weighted by molar-refractivity contribution is 0.0606. The fourth-order valence-electron chi connectivity index (χ4n) is 4.18. The van der Waals surface area contributed by atoms with Crippen molar-refractivity contribution in [3.8, 4) is 22.9 Å². The highest BCUT2D eigenvalue weighted by atomic mass is 35.5. The van der Waals surface area contributed by atoms with E-state index in [1.165, 1.54) is 0 Å². The fraction of sp³-hybridized carbons (Fsp3) is 0.292. The van der Waals surface area contributed by atoms with E-state index in [4.69, 9.17) is 20.5 Å². The molecule has 1 fully saturated rings. The number of rotatable bonds is 5. The number of likely N-dealkylation sites (tertiary alicyclic amines) is 1. The maximum atomic E-state index is 13.6. The van der Waals surface area contributed by atoms with Crippen LogP contribution in [0.5, 0.6) is 0 Å². The van der Waals surface area contributed by atoms with Gasteiger partial charge in [-0.25, -0.2) is 0 Å². The van der Waals surface area contributed by atoms with Crippen LogP contribution in [-0.2, 0) is 6.42 Å². The maximum absolute atomic E-state index is 13.6. The molecule has 0 aliphatic carbocycles. The molecule has 5 rings (SSSR count). The third-order valence-corrected chi connectivity index (χ3v) is 6.11. The zero-order valence-corrected chi connectivity index (χ0v) is 18.8. The van der Waals surface area contributed by atoms with Gasteiger partial charge in [-0.15, -0.1) is 10.2 Å². The molecule has 1 atom stereocenters. The van der Waals surface area contributed by atoms with Crippen LogP contribution >= 0.6 is 11.6 Å². The van der Waals surface area contributed by atoms with E-state index in [1.807, 2.05) is 41.3 Å². The molecule has 9 heteroatoms. The Morgan fingerprint density at radius 2 is 1.85 bits per heavy atom. The second kappa shape index (κ2) is 9.15. The molecule has 0 radical (unpaired) electrons. The molecule has 1 saturated heterocycles. The first-order chi connectivity index (χ1) is 16.1. The molecule has 0 spiro atoms. The van der Waals surface area contributed by atoms with Gasteiger partial charge in [0.05, 0.1) is 21.7 Å². The zero-order valence-electron chi connectivity index (χ0n) is 18.1. The predicted octanol–water partition coefficient (Wildman–Crippen LogP) is 4.99. The number of carbonyl (C=O) groups is 1. The van der Waals surface area contributed by atoms with Crippen molar-refractivity contribution in [2.24, 2.45) is 0 Å². The fourth-order valence-corrected chi connectivity index (χ4v) is 4.40. The Bertz CT molecular complexity index is 1280. The van der Waals surface area contributed by atoms with Crippen molar-refractivity contribution < 1.29 is 13.7 Å². The molecule has 0 N–H and O–H groups in total. The molecule has 8 nitrogen and oxygen atoms in total. The largest absolute Gasteiger partial charge is 0.421 e. The molecule has 3 heterocycles. The molecule has 33 heavy (non-hydrogen) atoms. The first-order valence-corrected chi connectivity index (χ1v) is 11.3. The number of nitrogens with zero attached hydrogens (tertiary/aromatic N) is 5. The van der Waals surface area contributed by atoms with Crippen molar-refractivity contribution in [1.29, 1.82) is 0 Å². The quantitative estimate of drug-likeness (QED) is 0.411. The van der Waals surface area contributed by atoms with Gasteiger partial charge >= 0.3 is 0 Å². The molecule has 2 aromatic heterocycles. The number of hydrogen-bond donors (Lipinski definition) is 0. The van der Waals surface area contributed by atoms with E-state index in [2.05, 4.69) is 20.3 Å². The second-order valence-electron chi connectivity index (χ2n) is 8.03. The van der Waals surface area contributed by atoms with Crippen LogP contribution in [0.15, 0.2) is 57.5 Å². The smallest absolute Gasteiger partial charge is 0.258 e. The van der Waals surface area contributed by atoms with Crippen LogP contribution < -0.4 is 0 Å². The molecule has 1 unspecified atom stereocenters. The summed E-state index contributed by atoms with van der Waals surface area (Å²) in [5.41, 5.74) is 1.86. The number of benzene rings is 2. The topological polar surface area (TPSA) is 98.2 Å². The van der Waals surface area contributed by atoms with E-state index >= 15 is 0 Å². The average Bonchev–Trinajstić information content (AvgIpc) is 3.48. The standard InChI is InChI=1S/C24H22ClN5O3/c1-15-26-22(33-29-15)17-9-2-3-10-18(17)24(31)30-13-7-6-8-16(30)14-21-27-28-23(32-21)19-11-4-5-12-20(19)25/h2-5,9-12,16H,6-8,13-14H2,1H3. The highest BCUT2D eigenvalue weighted by Gasteiger charge is 2.31. The van der Waals surface area contributed by atoms with Gasteiger partial charge < -0.3 is 13.8 Å². The number of aryl methyl sites for hydroxylation is 1. The molecule has 1 aliphatic heterocycles. The minimum Gasteiger partial charge on any atom is -0.421 e. The lowest BCUT2D eigenvalue weighted by atomic mass is 9.97. The third kappa shape index (κ3) is 4.39. The van der Waals surface area contributed by atoms with E-state index in [-0.39, 0.29) is 11.9 Å². The third-order valence-electron chi connectivity index (χ3n) is 5.78. The summed E-state index contributed by atoms with van der Waals surface area (Å²) in [6.45, 7) is 2.41. The minimum atomic E-state index is -0.0722. The van der Waals surface area contributed by atoms with Crippen molar-refractivity contribution in [2.75, 3.05) is 6.54 Å². The van der Waals surface area contributed by atoms with Gasteiger partial charge in [0.2, 0.25) is 11.8 Å². The Balaban J connectivity index is 1.39. The number of carbonyl (C=O) groups excluding carboxylic acids is 1. The van der Waals surface area contributed by atoms with E-state index in [0.717, 1.165) is 19.3 Å². The normalized spacial score (nSPS) is 16.2. The van der Waals surface area contributed by atoms with Gasteiger partial charge in [0.1, 0.15) is 0 Å². The summed E-state index contributed by atoms with van der Waals surface area (Å²) >= 11 is 6.26. The number of piperidine rings is 1. The van der Waals surface area contributed by atoms with Crippen molar-refractivity contribution in [3.63, 3.8) is 0 Å². The molecule has 1 aliphatic rings. The lowest BCUT2D eigenvalue weighted by Gasteiger charge is -2.35. The lowest BCUT2D eigenvalue weighted by Crippen LogP contribution is -2.45. The van der Waals surface area contributed by atoms with E-state index in [0.29, 0.717) is 58.2 Å². The van der Waals surface area contributed by atoms with Gasteiger partial charge in [-0.1, -0.05) is 41.0 Å². The van der Waals surface area contributed by atoms with Crippen molar-refractivity contribution in [1.82, 2.24) is 25.2 Å². The highest BCUT2D eigenvalue weighted by Crippen LogP contribution is 2.29. The SMILES string of the molecule is Cc1noc(-c2ccccc2C(=O)N2CCCCC2Cc2nnc(-c3ccccc3Cl)o2)n1.